The molecule has 2 atom stereocenters. The number of rotatable bonds is 12. The van der Waals surface area contributed by atoms with Gasteiger partial charge in [0.2, 0.25) is 11.8 Å². The molecule has 0 aromatic heterocycles. The Morgan fingerprint density at radius 1 is 1.03 bits per heavy atom. The van der Waals surface area contributed by atoms with E-state index in [4.69, 9.17) is 5.73 Å². The molecule has 2 aromatic carbocycles. The van der Waals surface area contributed by atoms with Crippen LogP contribution in [0.1, 0.15) is 57.6 Å². The van der Waals surface area contributed by atoms with Crippen LogP contribution in [0.25, 0.3) is 0 Å². The zero-order chi connectivity index (χ0) is 26.8. The highest BCUT2D eigenvalue weighted by Crippen LogP contribution is 2.32. The fourth-order valence-electron chi connectivity index (χ4n) is 5.08. The summed E-state index contributed by atoms with van der Waals surface area (Å²) in [5.74, 6) is -0.657. The third-order valence-electron chi connectivity index (χ3n) is 7.50. The standard InChI is InChI=1S/C30H44N4O3/c1-4-5-18-34(28(36)26(31)27(35)23(2)3)30(29(37)32-21-24-12-8-6-9-13-24)16-19-33(20-17-30)22-25-14-10-7-11-15-25/h6-15,23,26-27,35H,4-5,16-22,31H2,1-3H3,(H,32,37)/t26-,27-/m1/s1. The number of carbonyl (C=O) groups excluding carboxylic acids is 2. The largest absolute Gasteiger partial charge is 0.391 e. The molecule has 3 rings (SSSR count). The Morgan fingerprint density at radius 3 is 2.14 bits per heavy atom. The lowest BCUT2D eigenvalue weighted by Crippen LogP contribution is -2.67. The molecule has 37 heavy (non-hydrogen) atoms. The number of carbonyl (C=O) groups is 2. The molecule has 0 radical (unpaired) electrons. The lowest BCUT2D eigenvalue weighted by Gasteiger charge is -2.48. The first-order valence-corrected chi connectivity index (χ1v) is 13.6. The number of aliphatic hydroxyl groups is 1. The molecule has 7 heteroatoms. The molecule has 4 N–H and O–H groups in total. The van der Waals surface area contributed by atoms with E-state index in [1.165, 1.54) is 5.56 Å². The zero-order valence-electron chi connectivity index (χ0n) is 22.6. The van der Waals surface area contributed by atoms with Gasteiger partial charge in [0.1, 0.15) is 11.6 Å². The van der Waals surface area contributed by atoms with Gasteiger partial charge in [0, 0.05) is 32.7 Å². The van der Waals surface area contributed by atoms with E-state index in [-0.39, 0.29) is 17.7 Å². The molecule has 0 aliphatic carbocycles. The molecule has 1 aliphatic heterocycles. The first-order chi connectivity index (χ1) is 17.8. The lowest BCUT2D eigenvalue weighted by molar-refractivity contribution is -0.155. The number of hydrogen-bond donors (Lipinski definition) is 3. The Hall–Kier alpha value is -2.74. The topological polar surface area (TPSA) is 98.9 Å². The molecule has 0 unspecified atom stereocenters. The second kappa shape index (κ2) is 13.7. The number of likely N-dealkylation sites (tertiary alicyclic amines) is 1. The summed E-state index contributed by atoms with van der Waals surface area (Å²) in [6.45, 7) is 8.76. The third kappa shape index (κ3) is 7.40. The highest BCUT2D eigenvalue weighted by Gasteiger charge is 2.49. The predicted molar refractivity (Wildman–Crippen MR) is 147 cm³/mol. The van der Waals surface area contributed by atoms with Gasteiger partial charge in [-0.1, -0.05) is 87.9 Å². The number of aliphatic hydroxyl groups excluding tert-OH is 1. The fraction of sp³-hybridized carbons (Fsp3) is 0.533. The van der Waals surface area contributed by atoms with Gasteiger partial charge in [-0.15, -0.1) is 0 Å². The van der Waals surface area contributed by atoms with Gasteiger partial charge in [-0.05, 0) is 36.3 Å². The summed E-state index contributed by atoms with van der Waals surface area (Å²) in [4.78, 5) is 31.8. The van der Waals surface area contributed by atoms with E-state index in [2.05, 4.69) is 29.3 Å². The average molecular weight is 509 g/mol. The monoisotopic (exact) mass is 508 g/mol. The van der Waals surface area contributed by atoms with Gasteiger partial charge in [-0.25, -0.2) is 0 Å². The van der Waals surface area contributed by atoms with E-state index < -0.39 is 17.7 Å². The van der Waals surface area contributed by atoms with Crippen molar-refractivity contribution >= 4 is 11.8 Å². The van der Waals surface area contributed by atoms with Gasteiger partial charge in [-0.2, -0.15) is 0 Å². The molecule has 2 aromatic rings. The van der Waals surface area contributed by atoms with Crippen molar-refractivity contribution in [3.05, 3.63) is 71.8 Å². The maximum absolute atomic E-state index is 14.0. The highest BCUT2D eigenvalue weighted by atomic mass is 16.3. The van der Waals surface area contributed by atoms with Crippen molar-refractivity contribution in [2.75, 3.05) is 19.6 Å². The number of nitrogens with two attached hydrogens (primary N) is 1. The van der Waals surface area contributed by atoms with Crippen molar-refractivity contribution in [2.45, 2.75) is 77.2 Å². The van der Waals surface area contributed by atoms with Crippen LogP contribution in [-0.4, -0.2) is 64.0 Å². The van der Waals surface area contributed by atoms with Crippen molar-refractivity contribution in [1.29, 1.82) is 0 Å². The Morgan fingerprint density at radius 2 is 1.59 bits per heavy atom. The Kier molecular flexibility index (Phi) is 10.7. The second-order valence-electron chi connectivity index (χ2n) is 10.6. The average Bonchev–Trinajstić information content (AvgIpc) is 2.92. The number of nitrogens with zero attached hydrogens (tertiary/aromatic N) is 2. The van der Waals surface area contributed by atoms with Crippen molar-refractivity contribution in [3.63, 3.8) is 0 Å². The van der Waals surface area contributed by atoms with Crippen LogP contribution in [0.15, 0.2) is 60.7 Å². The third-order valence-corrected chi connectivity index (χ3v) is 7.50. The molecular weight excluding hydrogens is 464 g/mol. The van der Waals surface area contributed by atoms with Gasteiger partial charge in [0.25, 0.3) is 0 Å². The number of nitrogens with one attached hydrogen (secondary N) is 1. The first-order valence-electron chi connectivity index (χ1n) is 13.6. The number of amides is 2. The van der Waals surface area contributed by atoms with Crippen LogP contribution in [0.2, 0.25) is 0 Å². The maximum Gasteiger partial charge on any atom is 0.246 e. The molecule has 202 valence electrons. The molecule has 1 heterocycles. The van der Waals surface area contributed by atoms with Crippen LogP contribution in [-0.2, 0) is 22.7 Å². The number of benzene rings is 2. The van der Waals surface area contributed by atoms with Gasteiger partial charge >= 0.3 is 0 Å². The van der Waals surface area contributed by atoms with Crippen LogP contribution >= 0.6 is 0 Å². The minimum Gasteiger partial charge on any atom is -0.391 e. The lowest BCUT2D eigenvalue weighted by atomic mass is 9.82. The minimum atomic E-state index is -1.07. The summed E-state index contributed by atoms with van der Waals surface area (Å²) in [6, 6.07) is 19.0. The molecule has 1 saturated heterocycles. The quantitative estimate of drug-likeness (QED) is 0.409. The van der Waals surface area contributed by atoms with Crippen molar-refractivity contribution in [2.24, 2.45) is 11.7 Å². The van der Waals surface area contributed by atoms with E-state index in [0.717, 1.165) is 24.9 Å². The van der Waals surface area contributed by atoms with Gasteiger partial charge < -0.3 is 21.1 Å². The Balaban J connectivity index is 1.87. The molecular formula is C30H44N4O3. The number of piperidine rings is 1. The Labute approximate surface area is 222 Å². The minimum absolute atomic E-state index is 0.147. The fourth-order valence-corrected chi connectivity index (χ4v) is 5.08. The van der Waals surface area contributed by atoms with Gasteiger partial charge in [0.15, 0.2) is 0 Å². The van der Waals surface area contributed by atoms with Crippen LogP contribution < -0.4 is 11.1 Å². The second-order valence-corrected chi connectivity index (χ2v) is 10.6. The smallest absolute Gasteiger partial charge is 0.246 e. The summed E-state index contributed by atoms with van der Waals surface area (Å²) in [6.07, 6.45) is 1.70. The van der Waals surface area contributed by atoms with Crippen molar-refractivity contribution in [3.8, 4) is 0 Å². The number of unbranched alkanes of at least 4 members (excludes halogenated alkanes) is 1. The molecule has 1 aliphatic rings. The molecule has 0 spiro atoms. The SMILES string of the molecule is CCCCN(C(=O)[C@H](N)[C@H](O)C(C)C)C1(C(=O)NCc2ccccc2)CCN(Cc2ccccc2)CC1. The van der Waals surface area contributed by atoms with Crippen LogP contribution in [0.5, 0.6) is 0 Å². The zero-order valence-corrected chi connectivity index (χ0v) is 22.6. The highest BCUT2D eigenvalue weighted by molar-refractivity contribution is 5.93. The van der Waals surface area contributed by atoms with Crippen LogP contribution in [0.4, 0.5) is 0 Å². The summed E-state index contributed by atoms with van der Waals surface area (Å²) >= 11 is 0. The first kappa shape index (κ1) is 28.8. The summed E-state index contributed by atoms with van der Waals surface area (Å²) < 4.78 is 0. The van der Waals surface area contributed by atoms with E-state index in [9.17, 15) is 14.7 Å². The van der Waals surface area contributed by atoms with Gasteiger partial charge in [-0.3, -0.25) is 14.5 Å². The molecule has 0 bridgehead atoms. The van der Waals surface area contributed by atoms with E-state index in [0.29, 0.717) is 39.0 Å². The van der Waals surface area contributed by atoms with Gasteiger partial charge in [0.05, 0.1) is 6.10 Å². The van der Waals surface area contributed by atoms with Crippen molar-refractivity contribution in [1.82, 2.24) is 15.1 Å². The molecule has 2 amide bonds. The normalized spacial score (nSPS) is 17.2. The van der Waals surface area contributed by atoms with E-state index in [1.54, 1.807) is 4.90 Å². The molecule has 0 saturated carbocycles. The molecule has 1 fully saturated rings. The van der Waals surface area contributed by atoms with E-state index >= 15 is 0 Å². The van der Waals surface area contributed by atoms with Crippen molar-refractivity contribution < 1.29 is 14.7 Å². The molecule has 7 nitrogen and oxygen atoms in total. The summed E-state index contributed by atoms with van der Waals surface area (Å²) in [5.41, 5.74) is 7.53. The predicted octanol–water partition coefficient (Wildman–Crippen LogP) is 3.31. The summed E-state index contributed by atoms with van der Waals surface area (Å²) in [5, 5.41) is 13.8. The van der Waals surface area contributed by atoms with Crippen LogP contribution in [0.3, 0.4) is 0 Å². The number of hydrogen-bond acceptors (Lipinski definition) is 5. The van der Waals surface area contributed by atoms with Crippen LogP contribution in [0, 0.1) is 5.92 Å². The Bertz CT molecular complexity index is 975. The van der Waals surface area contributed by atoms with E-state index in [1.807, 2.05) is 62.4 Å². The summed E-state index contributed by atoms with van der Waals surface area (Å²) in [7, 11) is 0. The maximum atomic E-state index is 14.0.